The van der Waals surface area contributed by atoms with Gasteiger partial charge in [-0.2, -0.15) is 0 Å². The maximum atomic E-state index is 2.56. The van der Waals surface area contributed by atoms with Gasteiger partial charge in [0.15, 0.2) is 0 Å². The lowest BCUT2D eigenvalue weighted by atomic mass is 9.93. The van der Waals surface area contributed by atoms with Crippen molar-refractivity contribution in [3.05, 3.63) is 0 Å². The molecule has 0 aromatic rings. The topological polar surface area (TPSA) is 3.24 Å². The second kappa shape index (κ2) is 6.73. The summed E-state index contributed by atoms with van der Waals surface area (Å²) in [5.74, 6) is 1.04. The van der Waals surface area contributed by atoms with Crippen molar-refractivity contribution in [2.45, 2.75) is 39.5 Å². The first-order chi connectivity index (χ1) is 5.36. The van der Waals surface area contributed by atoms with Crippen molar-refractivity contribution in [3.8, 4) is 0 Å². The van der Waals surface area contributed by atoms with Crippen LogP contribution in [0.15, 0.2) is 0 Å². The number of hydrogen-bond acceptors (Lipinski definition) is 1. The van der Waals surface area contributed by atoms with Crippen LogP contribution in [0.2, 0.25) is 0 Å². The van der Waals surface area contributed by atoms with E-state index in [1.165, 1.54) is 45.3 Å². The molecular formula is C10H22ClN. The summed E-state index contributed by atoms with van der Waals surface area (Å²) in [7, 11) is 0. The summed E-state index contributed by atoms with van der Waals surface area (Å²) in [6.45, 7) is 8.51. The van der Waals surface area contributed by atoms with Crippen LogP contribution < -0.4 is 0 Å². The number of likely N-dealkylation sites (tertiary alicyclic amines) is 1. The van der Waals surface area contributed by atoms with E-state index in [-0.39, 0.29) is 12.4 Å². The Morgan fingerprint density at radius 2 is 1.75 bits per heavy atom. The van der Waals surface area contributed by atoms with Gasteiger partial charge in [-0.3, -0.25) is 0 Å². The number of nitrogens with zero attached hydrogens (tertiary/aromatic N) is 1. The SMILES string of the molecule is CCCC1CCN(CC)CC1.Cl. The number of piperidine rings is 1. The summed E-state index contributed by atoms with van der Waals surface area (Å²) in [6.07, 6.45) is 5.72. The summed E-state index contributed by atoms with van der Waals surface area (Å²) >= 11 is 0. The van der Waals surface area contributed by atoms with E-state index >= 15 is 0 Å². The fourth-order valence-electron chi connectivity index (χ4n) is 2.00. The highest BCUT2D eigenvalue weighted by Crippen LogP contribution is 2.20. The third-order valence-electron chi connectivity index (χ3n) is 2.85. The van der Waals surface area contributed by atoms with Gasteiger partial charge in [-0.05, 0) is 38.4 Å². The molecule has 0 bridgehead atoms. The number of rotatable bonds is 3. The van der Waals surface area contributed by atoms with Crippen molar-refractivity contribution < 1.29 is 0 Å². The van der Waals surface area contributed by atoms with E-state index in [9.17, 15) is 0 Å². The van der Waals surface area contributed by atoms with Crippen molar-refractivity contribution in [3.63, 3.8) is 0 Å². The molecule has 0 radical (unpaired) electrons. The van der Waals surface area contributed by atoms with E-state index in [2.05, 4.69) is 18.7 Å². The smallest absolute Gasteiger partial charge is 0.00162 e. The molecule has 1 rings (SSSR count). The van der Waals surface area contributed by atoms with E-state index in [4.69, 9.17) is 0 Å². The molecule has 0 aromatic heterocycles. The zero-order valence-corrected chi connectivity index (χ0v) is 9.20. The Morgan fingerprint density at radius 3 is 2.17 bits per heavy atom. The van der Waals surface area contributed by atoms with Crippen molar-refractivity contribution >= 4 is 12.4 Å². The molecular weight excluding hydrogens is 170 g/mol. The normalized spacial score (nSPS) is 20.5. The zero-order chi connectivity index (χ0) is 8.10. The van der Waals surface area contributed by atoms with Crippen LogP contribution in [0.25, 0.3) is 0 Å². The summed E-state index contributed by atoms with van der Waals surface area (Å²) in [6, 6.07) is 0. The summed E-state index contributed by atoms with van der Waals surface area (Å²) < 4.78 is 0. The molecule has 1 saturated heterocycles. The van der Waals surface area contributed by atoms with Gasteiger partial charge < -0.3 is 4.90 Å². The second-order valence-electron chi connectivity index (χ2n) is 3.67. The van der Waals surface area contributed by atoms with Gasteiger partial charge in [0.1, 0.15) is 0 Å². The monoisotopic (exact) mass is 191 g/mol. The summed E-state index contributed by atoms with van der Waals surface area (Å²) in [4.78, 5) is 2.56. The molecule has 1 heterocycles. The molecule has 1 nitrogen and oxygen atoms in total. The molecule has 0 aliphatic carbocycles. The first kappa shape index (κ1) is 12.2. The molecule has 1 aliphatic heterocycles. The van der Waals surface area contributed by atoms with Crippen LogP contribution in [0.1, 0.15) is 39.5 Å². The lowest BCUT2D eigenvalue weighted by molar-refractivity contribution is 0.186. The molecule has 74 valence electrons. The minimum absolute atomic E-state index is 0. The highest BCUT2D eigenvalue weighted by molar-refractivity contribution is 5.85. The quantitative estimate of drug-likeness (QED) is 0.663. The van der Waals surface area contributed by atoms with E-state index < -0.39 is 0 Å². The van der Waals surface area contributed by atoms with E-state index in [1.54, 1.807) is 0 Å². The Bertz CT molecular complexity index is 98.0. The van der Waals surface area contributed by atoms with Crippen LogP contribution in [0.3, 0.4) is 0 Å². The maximum absolute atomic E-state index is 2.56. The third-order valence-corrected chi connectivity index (χ3v) is 2.85. The van der Waals surface area contributed by atoms with Gasteiger partial charge >= 0.3 is 0 Å². The molecule has 0 spiro atoms. The molecule has 0 unspecified atom stereocenters. The van der Waals surface area contributed by atoms with Crippen LogP contribution in [0.4, 0.5) is 0 Å². The zero-order valence-electron chi connectivity index (χ0n) is 8.38. The number of halogens is 1. The second-order valence-corrected chi connectivity index (χ2v) is 3.67. The Morgan fingerprint density at radius 1 is 1.17 bits per heavy atom. The van der Waals surface area contributed by atoms with Crippen LogP contribution in [0.5, 0.6) is 0 Å². The van der Waals surface area contributed by atoms with Gasteiger partial charge in [-0.25, -0.2) is 0 Å². The third kappa shape index (κ3) is 3.77. The van der Waals surface area contributed by atoms with Crippen LogP contribution in [0, 0.1) is 5.92 Å². The largest absolute Gasteiger partial charge is 0.304 e. The maximum Gasteiger partial charge on any atom is -0.00162 e. The Kier molecular flexibility index (Phi) is 6.87. The first-order valence-corrected chi connectivity index (χ1v) is 5.09. The number of hydrogen-bond donors (Lipinski definition) is 0. The molecule has 0 saturated carbocycles. The predicted octanol–water partition coefficient (Wildman–Crippen LogP) is 2.94. The van der Waals surface area contributed by atoms with Gasteiger partial charge in [-0.1, -0.05) is 26.7 Å². The van der Waals surface area contributed by atoms with Crippen LogP contribution in [-0.4, -0.2) is 24.5 Å². The van der Waals surface area contributed by atoms with Crippen molar-refractivity contribution in [2.24, 2.45) is 5.92 Å². The van der Waals surface area contributed by atoms with Crippen molar-refractivity contribution in [1.29, 1.82) is 0 Å². The summed E-state index contributed by atoms with van der Waals surface area (Å²) in [5.41, 5.74) is 0. The molecule has 0 N–H and O–H groups in total. The minimum atomic E-state index is 0. The Labute approximate surface area is 82.9 Å². The molecule has 1 fully saturated rings. The van der Waals surface area contributed by atoms with Gasteiger partial charge in [0.2, 0.25) is 0 Å². The van der Waals surface area contributed by atoms with Gasteiger partial charge in [0.05, 0.1) is 0 Å². The fourth-order valence-corrected chi connectivity index (χ4v) is 2.00. The molecule has 0 atom stereocenters. The first-order valence-electron chi connectivity index (χ1n) is 5.09. The van der Waals surface area contributed by atoms with Gasteiger partial charge in [-0.15, -0.1) is 12.4 Å². The Balaban J connectivity index is 0.00000121. The van der Waals surface area contributed by atoms with Gasteiger partial charge in [0, 0.05) is 0 Å². The average Bonchev–Trinajstić information content (AvgIpc) is 2.07. The predicted molar refractivity (Wildman–Crippen MR) is 57.0 cm³/mol. The molecule has 12 heavy (non-hydrogen) atoms. The van der Waals surface area contributed by atoms with E-state index in [0.29, 0.717) is 0 Å². The summed E-state index contributed by atoms with van der Waals surface area (Å²) in [5, 5.41) is 0. The lowest BCUT2D eigenvalue weighted by Crippen LogP contribution is -2.33. The van der Waals surface area contributed by atoms with Crippen molar-refractivity contribution in [2.75, 3.05) is 19.6 Å². The van der Waals surface area contributed by atoms with Crippen LogP contribution in [-0.2, 0) is 0 Å². The molecule has 1 aliphatic rings. The van der Waals surface area contributed by atoms with Gasteiger partial charge in [0.25, 0.3) is 0 Å². The van der Waals surface area contributed by atoms with Crippen LogP contribution >= 0.6 is 12.4 Å². The fraction of sp³-hybridized carbons (Fsp3) is 1.00. The highest BCUT2D eigenvalue weighted by Gasteiger charge is 2.16. The molecule has 0 amide bonds. The lowest BCUT2D eigenvalue weighted by Gasteiger charge is -2.30. The molecule has 0 aromatic carbocycles. The average molecular weight is 192 g/mol. The Hall–Kier alpha value is 0.250. The molecule has 2 heteroatoms. The minimum Gasteiger partial charge on any atom is -0.304 e. The van der Waals surface area contributed by atoms with E-state index in [1.807, 2.05) is 0 Å². The highest BCUT2D eigenvalue weighted by atomic mass is 35.5. The van der Waals surface area contributed by atoms with E-state index in [0.717, 1.165) is 5.92 Å². The standard InChI is InChI=1S/C10H21N.ClH/c1-3-5-10-6-8-11(4-2)9-7-10;/h10H,3-9H2,1-2H3;1H. The van der Waals surface area contributed by atoms with Crippen molar-refractivity contribution in [1.82, 2.24) is 4.90 Å².